The Morgan fingerprint density at radius 2 is 1.62 bits per heavy atom. The molecule has 5 atom stereocenters. The van der Waals surface area contributed by atoms with Crippen molar-refractivity contribution in [2.75, 3.05) is 11.5 Å². The lowest BCUT2D eigenvalue weighted by atomic mass is 9.66. The molecular weight excluding hydrogens is 568 g/mol. The topological polar surface area (TPSA) is 118 Å². The fraction of sp³-hybridized carbons (Fsp3) is 0.278. The van der Waals surface area contributed by atoms with E-state index in [-0.39, 0.29) is 18.9 Å². The number of nitriles is 1. The number of hydrogen-bond donors (Lipinski definition) is 1. The van der Waals surface area contributed by atoms with Gasteiger partial charge in [0.05, 0.1) is 64.9 Å². The first-order valence-electron chi connectivity index (χ1n) is 15.1. The summed E-state index contributed by atoms with van der Waals surface area (Å²) in [7, 11) is 0. The van der Waals surface area contributed by atoms with E-state index in [1.54, 1.807) is 19.1 Å². The Hall–Kier alpha value is -5.04. The summed E-state index contributed by atoms with van der Waals surface area (Å²) in [6.07, 6.45) is -0.404. The van der Waals surface area contributed by atoms with E-state index in [1.165, 1.54) is 4.90 Å². The molecule has 8 rings (SSSR count). The number of aliphatic hydroxyl groups excluding tert-OH is 1. The van der Waals surface area contributed by atoms with Crippen LogP contribution < -0.4 is 9.64 Å². The zero-order valence-corrected chi connectivity index (χ0v) is 24.6. The Bertz CT molecular complexity index is 2050. The SMILES string of the molecule is CC12OC(CCOc3nn(Cc4ccccc4)c4ccccc34)(CC1O)C1C(=O)N(c3ccc(C#N)c4ccccc34)C(=O)C12. The number of aromatic nitrogens is 2. The highest BCUT2D eigenvalue weighted by Crippen LogP contribution is 2.62. The van der Waals surface area contributed by atoms with Gasteiger partial charge in [-0.3, -0.25) is 14.3 Å². The fourth-order valence-electron chi connectivity index (χ4n) is 7.84. The van der Waals surface area contributed by atoms with Gasteiger partial charge in [0.1, 0.15) is 5.60 Å². The van der Waals surface area contributed by atoms with Gasteiger partial charge in [-0.25, -0.2) is 4.90 Å². The number of carbonyl (C=O) groups is 2. The second-order valence-electron chi connectivity index (χ2n) is 12.4. The highest BCUT2D eigenvalue weighted by Gasteiger charge is 2.77. The number of para-hydroxylation sites is 1. The molecule has 9 nitrogen and oxygen atoms in total. The minimum absolute atomic E-state index is 0.180. The lowest BCUT2D eigenvalue weighted by Crippen LogP contribution is -2.49. The van der Waals surface area contributed by atoms with Crippen molar-refractivity contribution in [3.63, 3.8) is 0 Å². The number of hydrogen-bond acceptors (Lipinski definition) is 7. The van der Waals surface area contributed by atoms with Gasteiger partial charge >= 0.3 is 0 Å². The molecule has 3 aliphatic rings. The van der Waals surface area contributed by atoms with Gasteiger partial charge in [0.2, 0.25) is 17.7 Å². The van der Waals surface area contributed by atoms with E-state index in [4.69, 9.17) is 14.6 Å². The number of imide groups is 1. The Balaban J connectivity index is 1.09. The van der Waals surface area contributed by atoms with Crippen LogP contribution in [0.5, 0.6) is 5.88 Å². The molecule has 45 heavy (non-hydrogen) atoms. The summed E-state index contributed by atoms with van der Waals surface area (Å²) in [5.41, 5.74) is 0.672. The predicted octanol–water partition coefficient (Wildman–Crippen LogP) is 4.98. The van der Waals surface area contributed by atoms with Gasteiger partial charge in [-0.05, 0) is 36.8 Å². The van der Waals surface area contributed by atoms with E-state index >= 15 is 0 Å². The van der Waals surface area contributed by atoms with Gasteiger partial charge in [-0.1, -0.05) is 66.7 Å². The third-order valence-corrected chi connectivity index (χ3v) is 9.94. The van der Waals surface area contributed by atoms with Crippen molar-refractivity contribution in [3.05, 3.63) is 102 Å². The van der Waals surface area contributed by atoms with Crippen LogP contribution in [0.2, 0.25) is 0 Å². The van der Waals surface area contributed by atoms with Gasteiger partial charge in [0.15, 0.2) is 0 Å². The molecule has 1 N–H and O–H groups in total. The quantitative estimate of drug-likeness (QED) is 0.263. The van der Waals surface area contributed by atoms with Crippen LogP contribution in [0, 0.1) is 23.2 Å². The first-order valence-corrected chi connectivity index (χ1v) is 15.1. The zero-order chi connectivity index (χ0) is 30.9. The molecule has 224 valence electrons. The number of fused-ring (bicyclic) bond motifs is 7. The highest BCUT2D eigenvalue weighted by atomic mass is 16.6. The molecule has 5 unspecified atom stereocenters. The van der Waals surface area contributed by atoms with E-state index in [2.05, 4.69) is 18.2 Å². The van der Waals surface area contributed by atoms with E-state index < -0.39 is 35.0 Å². The van der Waals surface area contributed by atoms with Crippen LogP contribution in [0.25, 0.3) is 21.7 Å². The average Bonchev–Trinajstić information content (AvgIpc) is 3.71. The van der Waals surface area contributed by atoms with E-state index in [9.17, 15) is 20.0 Å². The smallest absolute Gasteiger partial charge is 0.240 e. The molecule has 0 spiro atoms. The van der Waals surface area contributed by atoms with Crippen LogP contribution in [0.15, 0.2) is 91.0 Å². The molecular formula is C36H30N4O5. The molecule has 3 aliphatic heterocycles. The van der Waals surface area contributed by atoms with Crippen molar-refractivity contribution in [1.82, 2.24) is 9.78 Å². The van der Waals surface area contributed by atoms with Gasteiger partial charge in [0, 0.05) is 23.6 Å². The van der Waals surface area contributed by atoms with Gasteiger partial charge < -0.3 is 14.6 Å². The molecule has 4 aromatic carbocycles. The van der Waals surface area contributed by atoms with Gasteiger partial charge in [-0.2, -0.15) is 5.26 Å². The van der Waals surface area contributed by atoms with Crippen LogP contribution in [0.1, 0.15) is 30.9 Å². The predicted molar refractivity (Wildman–Crippen MR) is 166 cm³/mol. The Kier molecular flexibility index (Phi) is 6.11. The number of nitrogens with zero attached hydrogens (tertiary/aromatic N) is 4. The molecule has 2 amide bonds. The first-order chi connectivity index (χ1) is 21.8. The summed E-state index contributed by atoms with van der Waals surface area (Å²) in [6.45, 7) is 2.50. The Labute approximate surface area is 259 Å². The van der Waals surface area contributed by atoms with Gasteiger partial charge in [-0.15, -0.1) is 5.10 Å². The number of amides is 2. The zero-order valence-electron chi connectivity index (χ0n) is 24.6. The number of benzene rings is 4. The van der Waals surface area contributed by atoms with E-state index in [1.807, 2.05) is 71.4 Å². The van der Waals surface area contributed by atoms with Crippen LogP contribution in [0.4, 0.5) is 5.69 Å². The minimum Gasteiger partial charge on any atom is -0.476 e. The first kappa shape index (κ1) is 27.5. The maximum atomic E-state index is 14.2. The van der Waals surface area contributed by atoms with Crippen LogP contribution in [-0.2, 0) is 20.9 Å². The maximum absolute atomic E-state index is 14.2. The van der Waals surface area contributed by atoms with Gasteiger partial charge in [0.25, 0.3) is 0 Å². The third-order valence-electron chi connectivity index (χ3n) is 9.94. The van der Waals surface area contributed by atoms with Crippen molar-refractivity contribution in [2.24, 2.45) is 11.8 Å². The monoisotopic (exact) mass is 598 g/mol. The molecule has 0 aliphatic carbocycles. The number of rotatable bonds is 7. The number of carbonyl (C=O) groups excluding carboxylic acids is 2. The number of anilines is 1. The molecule has 3 fully saturated rings. The molecule has 3 saturated heterocycles. The summed E-state index contributed by atoms with van der Waals surface area (Å²) in [4.78, 5) is 29.6. The third kappa shape index (κ3) is 3.96. The lowest BCUT2D eigenvalue weighted by molar-refractivity contribution is -0.134. The van der Waals surface area contributed by atoms with Crippen molar-refractivity contribution in [2.45, 2.75) is 43.6 Å². The summed E-state index contributed by atoms with van der Waals surface area (Å²) in [5.74, 6) is -1.88. The second-order valence-corrected chi connectivity index (χ2v) is 12.4. The molecule has 9 heteroatoms. The van der Waals surface area contributed by atoms with Crippen molar-refractivity contribution in [3.8, 4) is 11.9 Å². The molecule has 1 aromatic heterocycles. The van der Waals surface area contributed by atoms with Crippen molar-refractivity contribution < 1.29 is 24.2 Å². The fourth-order valence-corrected chi connectivity index (χ4v) is 7.84. The van der Waals surface area contributed by atoms with E-state index in [0.717, 1.165) is 16.5 Å². The maximum Gasteiger partial charge on any atom is 0.240 e. The molecule has 5 aromatic rings. The van der Waals surface area contributed by atoms with Crippen molar-refractivity contribution >= 4 is 39.2 Å². The normalized spacial score (nSPS) is 27.0. The molecule has 4 heterocycles. The summed E-state index contributed by atoms with van der Waals surface area (Å²) in [5, 5.41) is 27.8. The molecule has 0 saturated carbocycles. The summed E-state index contributed by atoms with van der Waals surface area (Å²) >= 11 is 0. The van der Waals surface area contributed by atoms with E-state index in [0.29, 0.717) is 40.9 Å². The van der Waals surface area contributed by atoms with Crippen LogP contribution in [0.3, 0.4) is 0 Å². The minimum atomic E-state index is -1.21. The largest absolute Gasteiger partial charge is 0.476 e. The second kappa shape index (κ2) is 9.99. The highest BCUT2D eigenvalue weighted by molar-refractivity contribution is 6.26. The number of aliphatic hydroxyl groups is 1. The van der Waals surface area contributed by atoms with Crippen LogP contribution in [-0.4, -0.2) is 50.6 Å². The van der Waals surface area contributed by atoms with Crippen molar-refractivity contribution in [1.29, 1.82) is 5.26 Å². The molecule has 0 radical (unpaired) electrons. The lowest BCUT2D eigenvalue weighted by Gasteiger charge is -2.33. The average molecular weight is 599 g/mol. The number of ether oxygens (including phenoxy) is 2. The van der Waals surface area contributed by atoms with Crippen LogP contribution >= 0.6 is 0 Å². The summed E-state index contributed by atoms with van der Waals surface area (Å²) < 4.78 is 14.7. The molecule has 2 bridgehead atoms. The standard InChI is InChI=1S/C36H30N4O5/c1-35-29(41)19-36(45-35,17-18-44-32-26-13-7-8-14-27(26)39(38-32)21-22-9-3-2-4-10-22)31-30(35)33(42)40(34(31)43)28-16-15-23(20-37)24-11-5-6-12-25(24)28/h2-16,29-31,41H,17-19,21H2,1H3. The summed E-state index contributed by atoms with van der Waals surface area (Å²) in [6, 6.07) is 30.7. The Morgan fingerprint density at radius 3 is 2.40 bits per heavy atom. The Morgan fingerprint density at radius 1 is 0.933 bits per heavy atom.